The number of carbonyl (C=O) groups excluding carboxylic acids is 1. The lowest BCUT2D eigenvalue weighted by Gasteiger charge is -2.39. The summed E-state index contributed by atoms with van der Waals surface area (Å²) < 4.78 is 0. The van der Waals surface area contributed by atoms with Crippen molar-refractivity contribution in [3.8, 4) is 0 Å². The summed E-state index contributed by atoms with van der Waals surface area (Å²) in [6.45, 7) is 6.14. The third-order valence-corrected chi connectivity index (χ3v) is 3.23. The molecule has 1 aromatic carbocycles. The maximum absolute atomic E-state index is 11.8. The summed E-state index contributed by atoms with van der Waals surface area (Å²) in [6, 6.07) is 10.3. The predicted molar refractivity (Wildman–Crippen MR) is 68.6 cm³/mol. The molecule has 1 fully saturated rings. The number of rotatable bonds is 2. The van der Waals surface area contributed by atoms with Crippen molar-refractivity contribution in [1.82, 2.24) is 9.80 Å². The van der Waals surface area contributed by atoms with Gasteiger partial charge in [0, 0.05) is 19.6 Å². The second-order valence-corrected chi connectivity index (χ2v) is 4.42. The van der Waals surface area contributed by atoms with Crippen LogP contribution in [0.2, 0.25) is 0 Å². The Morgan fingerprint density at radius 3 is 2.71 bits per heavy atom. The second-order valence-electron chi connectivity index (χ2n) is 4.42. The summed E-state index contributed by atoms with van der Waals surface area (Å²) >= 11 is 0. The van der Waals surface area contributed by atoms with Gasteiger partial charge in [-0.15, -0.1) is 0 Å². The smallest absolute Gasteiger partial charge is 0.246 e. The molecule has 3 heteroatoms. The zero-order valence-corrected chi connectivity index (χ0v) is 10.2. The predicted octanol–water partition coefficient (Wildman–Crippen LogP) is 1.69. The Hall–Kier alpha value is -1.61. The lowest BCUT2D eigenvalue weighted by Crippen LogP contribution is -2.48. The van der Waals surface area contributed by atoms with Gasteiger partial charge in [-0.25, -0.2) is 0 Å². The largest absolute Gasteiger partial charge is 0.330 e. The van der Waals surface area contributed by atoms with E-state index in [0.29, 0.717) is 0 Å². The summed E-state index contributed by atoms with van der Waals surface area (Å²) in [6.07, 6.45) is 1.40. The summed E-state index contributed by atoms with van der Waals surface area (Å²) in [5.74, 6) is 0.0203. The molecule has 1 aliphatic rings. The number of hydrogen-bond acceptors (Lipinski definition) is 2. The molecular formula is C14H18N2O. The SMILES string of the molecule is C=CC(=O)N1CCN(C)C[C@H]1c1ccccc1. The molecule has 0 bridgehead atoms. The van der Waals surface area contributed by atoms with Crippen molar-refractivity contribution >= 4 is 5.91 Å². The highest BCUT2D eigenvalue weighted by molar-refractivity contribution is 5.87. The third kappa shape index (κ3) is 2.56. The Kier molecular flexibility index (Phi) is 3.59. The van der Waals surface area contributed by atoms with E-state index in [1.165, 1.54) is 11.6 Å². The fraction of sp³-hybridized carbons (Fsp3) is 0.357. The molecule has 1 heterocycles. The Labute approximate surface area is 102 Å². The van der Waals surface area contributed by atoms with Gasteiger partial charge in [0.15, 0.2) is 0 Å². The molecule has 0 N–H and O–H groups in total. The molecule has 2 rings (SSSR count). The molecule has 1 aliphatic heterocycles. The fourth-order valence-corrected chi connectivity index (χ4v) is 2.26. The Morgan fingerprint density at radius 1 is 1.35 bits per heavy atom. The van der Waals surface area contributed by atoms with E-state index in [4.69, 9.17) is 0 Å². The van der Waals surface area contributed by atoms with Crippen molar-refractivity contribution in [3.05, 3.63) is 48.6 Å². The minimum absolute atomic E-state index is 0.0203. The summed E-state index contributed by atoms with van der Waals surface area (Å²) in [4.78, 5) is 16.0. The van der Waals surface area contributed by atoms with Crippen LogP contribution in [0.5, 0.6) is 0 Å². The topological polar surface area (TPSA) is 23.6 Å². The highest BCUT2D eigenvalue weighted by atomic mass is 16.2. The van der Waals surface area contributed by atoms with Gasteiger partial charge in [-0.2, -0.15) is 0 Å². The average Bonchev–Trinajstić information content (AvgIpc) is 2.39. The van der Waals surface area contributed by atoms with E-state index in [0.717, 1.165) is 19.6 Å². The quantitative estimate of drug-likeness (QED) is 0.722. The van der Waals surface area contributed by atoms with E-state index >= 15 is 0 Å². The van der Waals surface area contributed by atoms with Crippen molar-refractivity contribution in [1.29, 1.82) is 0 Å². The molecule has 0 radical (unpaired) electrons. The first kappa shape index (κ1) is 11.9. The zero-order valence-electron chi connectivity index (χ0n) is 10.2. The summed E-state index contributed by atoms with van der Waals surface area (Å²) in [7, 11) is 2.09. The normalized spacial score (nSPS) is 21.2. The molecule has 1 aromatic rings. The highest BCUT2D eigenvalue weighted by Gasteiger charge is 2.28. The molecule has 0 aliphatic carbocycles. The van der Waals surface area contributed by atoms with Gasteiger partial charge in [0.1, 0.15) is 0 Å². The monoisotopic (exact) mass is 230 g/mol. The first-order chi connectivity index (χ1) is 8.22. The minimum atomic E-state index is 0.0203. The molecule has 1 atom stereocenters. The molecule has 90 valence electrons. The van der Waals surface area contributed by atoms with E-state index in [1.54, 1.807) is 0 Å². The van der Waals surface area contributed by atoms with Crippen LogP contribution >= 0.6 is 0 Å². The van der Waals surface area contributed by atoms with Gasteiger partial charge >= 0.3 is 0 Å². The minimum Gasteiger partial charge on any atom is -0.330 e. The number of piperazine rings is 1. The van der Waals surface area contributed by atoms with Crippen LogP contribution in [0.25, 0.3) is 0 Å². The highest BCUT2D eigenvalue weighted by Crippen LogP contribution is 2.24. The molecule has 3 nitrogen and oxygen atoms in total. The standard InChI is InChI=1S/C14H18N2O/c1-3-14(17)16-10-9-15(2)11-13(16)12-7-5-4-6-8-12/h3-8,13H,1,9-11H2,2H3/t13-/m0/s1. The van der Waals surface area contributed by atoms with E-state index in [1.807, 2.05) is 23.1 Å². The first-order valence-electron chi connectivity index (χ1n) is 5.89. The Morgan fingerprint density at radius 2 is 2.06 bits per heavy atom. The number of hydrogen-bond donors (Lipinski definition) is 0. The molecule has 1 amide bonds. The van der Waals surface area contributed by atoms with Gasteiger partial charge in [0.25, 0.3) is 0 Å². The molecular weight excluding hydrogens is 212 g/mol. The molecule has 17 heavy (non-hydrogen) atoms. The van der Waals surface area contributed by atoms with Gasteiger partial charge in [0.05, 0.1) is 6.04 Å². The fourth-order valence-electron chi connectivity index (χ4n) is 2.26. The first-order valence-corrected chi connectivity index (χ1v) is 5.89. The second kappa shape index (κ2) is 5.15. The van der Waals surface area contributed by atoms with Crippen molar-refractivity contribution in [2.75, 3.05) is 26.7 Å². The number of benzene rings is 1. The van der Waals surface area contributed by atoms with Crippen LogP contribution in [0.15, 0.2) is 43.0 Å². The number of nitrogens with zero attached hydrogens (tertiary/aromatic N) is 2. The maximum Gasteiger partial charge on any atom is 0.246 e. The number of amides is 1. The van der Waals surface area contributed by atoms with Crippen molar-refractivity contribution in [3.63, 3.8) is 0 Å². The van der Waals surface area contributed by atoms with Gasteiger partial charge in [0.2, 0.25) is 5.91 Å². The van der Waals surface area contributed by atoms with Gasteiger partial charge in [-0.05, 0) is 18.7 Å². The molecule has 1 saturated heterocycles. The number of likely N-dealkylation sites (N-methyl/N-ethyl adjacent to an activating group) is 1. The van der Waals surface area contributed by atoms with Crippen LogP contribution in [0.4, 0.5) is 0 Å². The van der Waals surface area contributed by atoms with E-state index in [2.05, 4.69) is 30.7 Å². The molecule has 0 aromatic heterocycles. The number of carbonyl (C=O) groups is 1. The summed E-state index contributed by atoms with van der Waals surface area (Å²) in [5.41, 5.74) is 1.19. The van der Waals surface area contributed by atoms with Crippen molar-refractivity contribution in [2.24, 2.45) is 0 Å². The molecule has 0 spiro atoms. The molecule has 0 saturated carbocycles. The van der Waals surface area contributed by atoms with Crippen LogP contribution < -0.4 is 0 Å². The van der Waals surface area contributed by atoms with Crippen LogP contribution in [0.3, 0.4) is 0 Å². The lowest BCUT2D eigenvalue weighted by atomic mass is 10.0. The van der Waals surface area contributed by atoms with Gasteiger partial charge in [-0.1, -0.05) is 36.9 Å². The maximum atomic E-state index is 11.8. The van der Waals surface area contributed by atoms with Crippen LogP contribution in [-0.2, 0) is 4.79 Å². The van der Waals surface area contributed by atoms with Crippen LogP contribution in [0.1, 0.15) is 11.6 Å². The Bertz CT molecular complexity index is 402. The van der Waals surface area contributed by atoms with E-state index in [-0.39, 0.29) is 11.9 Å². The van der Waals surface area contributed by atoms with E-state index < -0.39 is 0 Å². The Balaban J connectivity index is 2.26. The molecule has 0 unspecified atom stereocenters. The lowest BCUT2D eigenvalue weighted by molar-refractivity contribution is -0.130. The van der Waals surface area contributed by atoms with Crippen molar-refractivity contribution < 1.29 is 4.79 Å². The average molecular weight is 230 g/mol. The summed E-state index contributed by atoms with van der Waals surface area (Å²) in [5, 5.41) is 0. The van der Waals surface area contributed by atoms with Crippen LogP contribution in [-0.4, -0.2) is 42.4 Å². The van der Waals surface area contributed by atoms with E-state index in [9.17, 15) is 4.79 Å². The van der Waals surface area contributed by atoms with Gasteiger partial charge < -0.3 is 9.80 Å². The third-order valence-electron chi connectivity index (χ3n) is 3.23. The zero-order chi connectivity index (χ0) is 12.3. The van der Waals surface area contributed by atoms with Crippen LogP contribution in [0, 0.1) is 0 Å². The van der Waals surface area contributed by atoms with Gasteiger partial charge in [-0.3, -0.25) is 4.79 Å². The van der Waals surface area contributed by atoms with Crippen molar-refractivity contribution in [2.45, 2.75) is 6.04 Å².